The molecule has 2 aliphatic rings. The number of thioether (sulfide) groups is 1. The number of nitrogens with two attached hydrogens (primary N) is 2. The number of esters is 3. The van der Waals surface area contributed by atoms with E-state index in [9.17, 15) is 67.7 Å². The molecule has 0 spiro atoms. The highest BCUT2D eigenvalue weighted by molar-refractivity contribution is 7.99. The molecule has 0 bridgehead atoms. The Labute approximate surface area is 422 Å². The predicted octanol–water partition coefficient (Wildman–Crippen LogP) is -3.66. The molecule has 13 N–H and O–H groups in total. The quantitative estimate of drug-likeness (QED) is 0.0570. The average molecular weight is 1050 g/mol. The molecule has 73 heavy (non-hydrogen) atoms. The minimum atomic E-state index is -1.87. The summed E-state index contributed by atoms with van der Waals surface area (Å²) in [6.45, 7) is 5.62. The van der Waals surface area contributed by atoms with Crippen LogP contribution in [-0.2, 0) is 73.4 Å². The summed E-state index contributed by atoms with van der Waals surface area (Å²) in [5.41, 5.74) is 12.7. The lowest BCUT2D eigenvalue weighted by molar-refractivity contribution is -0.162. The largest absolute Gasteiger partial charge is 0.480 e. The summed E-state index contributed by atoms with van der Waals surface area (Å²) >= 11 is 0.934. The van der Waals surface area contributed by atoms with E-state index in [4.69, 9.17) is 25.7 Å². The monoisotopic (exact) mass is 1050 g/mol. The molecule has 27 nitrogen and oxygen atoms in total. The topological polar surface area (TPSA) is 416 Å². The molecule has 5 unspecified atom stereocenters. The Balaban J connectivity index is 1.70. The number of carbonyl (C=O) groups is 12. The number of fused-ring (bicyclic) bond motifs is 3. The molecule has 400 valence electrons. The number of β-amino-alcohol motifs (C(OH)–C–C–N with tert-alkyl or cyclic N) is 1. The average Bonchev–Trinajstić information content (AvgIpc) is 3.87. The number of hydrogen-bond donors (Lipinski definition) is 11. The molecule has 1 saturated heterocycles. The smallest absolute Gasteiger partial charge is 0.326 e. The summed E-state index contributed by atoms with van der Waals surface area (Å²) in [6.07, 6.45) is -3.83. The van der Waals surface area contributed by atoms with Gasteiger partial charge >= 0.3 is 23.9 Å². The van der Waals surface area contributed by atoms with Crippen LogP contribution >= 0.6 is 11.8 Å². The third kappa shape index (κ3) is 16.6. The third-order valence-corrected chi connectivity index (χ3v) is 13.0. The minimum Gasteiger partial charge on any atom is -0.480 e. The Kier molecular flexibility index (Phi) is 21.1. The van der Waals surface area contributed by atoms with Crippen molar-refractivity contribution in [3.05, 3.63) is 23.8 Å². The van der Waals surface area contributed by atoms with Crippen LogP contribution in [0.5, 0.6) is 5.75 Å². The molecular weight excluding hydrogens is 985 g/mol. The number of aromatic nitrogens is 1. The zero-order valence-corrected chi connectivity index (χ0v) is 41.7. The van der Waals surface area contributed by atoms with Gasteiger partial charge in [-0.25, -0.2) is 4.79 Å². The number of H-pyrrole nitrogens is 1. The lowest BCUT2D eigenvalue weighted by Gasteiger charge is -2.32. The van der Waals surface area contributed by atoms with Gasteiger partial charge in [0.05, 0.1) is 42.2 Å². The lowest BCUT2D eigenvalue weighted by atomic mass is 9.95. The molecular formula is C45H62N10O17S. The van der Waals surface area contributed by atoms with Crippen LogP contribution in [0.4, 0.5) is 0 Å². The Morgan fingerprint density at radius 3 is 2.16 bits per heavy atom. The second-order valence-corrected chi connectivity index (χ2v) is 18.6. The maximum absolute atomic E-state index is 14.4. The van der Waals surface area contributed by atoms with E-state index in [1.807, 2.05) is 0 Å². The fourth-order valence-corrected chi connectivity index (χ4v) is 9.06. The van der Waals surface area contributed by atoms with E-state index in [-0.39, 0.29) is 17.9 Å². The van der Waals surface area contributed by atoms with Crippen molar-refractivity contribution in [3.63, 3.8) is 0 Å². The minimum absolute atomic E-state index is 0.154. The van der Waals surface area contributed by atoms with E-state index < -0.39 is 171 Å². The first-order valence-corrected chi connectivity index (χ1v) is 24.0. The molecule has 8 amide bonds. The van der Waals surface area contributed by atoms with Crippen LogP contribution < -0.4 is 48.1 Å². The van der Waals surface area contributed by atoms with Gasteiger partial charge in [0.25, 0.3) is 0 Å². The van der Waals surface area contributed by atoms with E-state index in [2.05, 4.69) is 36.9 Å². The molecule has 1 aromatic heterocycles. The van der Waals surface area contributed by atoms with Crippen LogP contribution in [0.15, 0.2) is 23.2 Å². The molecule has 2 aromatic rings. The highest BCUT2D eigenvalue weighted by atomic mass is 32.2. The second-order valence-electron chi connectivity index (χ2n) is 17.6. The summed E-state index contributed by atoms with van der Waals surface area (Å²) in [4.78, 5) is 160. The Hall–Kier alpha value is -7.33. The van der Waals surface area contributed by atoms with Gasteiger partial charge in [-0.2, -0.15) is 0 Å². The number of nitrogens with zero attached hydrogens (tertiary/aromatic N) is 1. The number of amides is 8. The van der Waals surface area contributed by atoms with Crippen molar-refractivity contribution < 1.29 is 82.0 Å². The highest BCUT2D eigenvalue weighted by Crippen LogP contribution is 2.33. The SMILES string of the molecule is CC[C@H](C)[C@@H]1NC(=O)CNC(=O)C(N)Cc2c([nH]c3cc(OC(C)=O)ccc23)SCC(C(=O)NC(CC(N)=O)C(=O)N2CC(O)C[C@H]2C(=O)N[C@H](C(=O)O)C(C)[C@H](COC(C)=O)OC(C)=O)NC(=O)CNC1=O. The maximum Gasteiger partial charge on any atom is 0.326 e. The van der Waals surface area contributed by atoms with Crippen molar-refractivity contribution in [3.8, 4) is 5.75 Å². The fourth-order valence-electron chi connectivity index (χ4n) is 7.94. The van der Waals surface area contributed by atoms with Gasteiger partial charge in [0, 0.05) is 56.9 Å². The Morgan fingerprint density at radius 2 is 1.56 bits per heavy atom. The van der Waals surface area contributed by atoms with Gasteiger partial charge in [-0.3, -0.25) is 52.7 Å². The summed E-state index contributed by atoms with van der Waals surface area (Å²) in [5.74, 6) is -13.4. The maximum atomic E-state index is 14.4. The van der Waals surface area contributed by atoms with E-state index in [0.717, 1.165) is 30.5 Å². The van der Waals surface area contributed by atoms with Crippen molar-refractivity contribution in [2.24, 2.45) is 23.3 Å². The van der Waals surface area contributed by atoms with Crippen LogP contribution in [0.1, 0.15) is 66.4 Å². The number of likely N-dealkylation sites (tertiary alicyclic amines) is 1. The first-order chi connectivity index (χ1) is 34.3. The van der Waals surface area contributed by atoms with Crippen molar-refractivity contribution in [2.75, 3.05) is 32.0 Å². The third-order valence-electron chi connectivity index (χ3n) is 11.9. The standard InChI is InChI=1S/C45H62N10O17S/c1-7-19(2)37-42(66)49-14-35(61)50-31(18-73-43-27(12-28(46)39(63)48-15-36(62)53-37)26-9-8-25(71-22(5)57)11-29(26)52-43)40(64)51-30(13-34(47)60)44(67)55-16-24(59)10-32(55)41(65)54-38(45(68)69)20(3)33(72-23(6)58)17-70-21(4)56/h8-9,11,19-20,24,28,30-33,37-38,52,59H,7,10,12-18,46H2,1-6H3,(H2,47,60)(H,48,63)(H,49,66)(H,50,61)(H,51,64)(H,53,62)(H,54,65)(H,68,69)/t19-,20?,24?,28?,30?,31?,32-,33-,37-,38-/m0/s1. The lowest BCUT2D eigenvalue weighted by Crippen LogP contribution is -2.60. The molecule has 28 heteroatoms. The highest BCUT2D eigenvalue weighted by Gasteiger charge is 2.45. The van der Waals surface area contributed by atoms with Crippen LogP contribution in [0.3, 0.4) is 0 Å². The predicted molar refractivity (Wildman–Crippen MR) is 254 cm³/mol. The number of hydrogen-bond acceptors (Lipinski definition) is 18. The summed E-state index contributed by atoms with van der Waals surface area (Å²) in [5, 5.41) is 36.3. The van der Waals surface area contributed by atoms with Crippen molar-refractivity contribution in [2.45, 2.75) is 121 Å². The second kappa shape index (κ2) is 26.4. The number of aliphatic hydroxyl groups is 1. The normalized spacial score (nSPS) is 22.1. The zero-order valence-electron chi connectivity index (χ0n) is 40.9. The number of ether oxygens (including phenoxy) is 3. The molecule has 3 heterocycles. The number of nitrogens with one attached hydrogen (secondary N) is 7. The first kappa shape index (κ1) is 58.2. The van der Waals surface area contributed by atoms with Crippen LogP contribution in [0, 0.1) is 11.8 Å². The van der Waals surface area contributed by atoms with E-state index in [1.165, 1.54) is 26.0 Å². The Morgan fingerprint density at radius 1 is 0.904 bits per heavy atom. The Bertz CT molecular complexity index is 2470. The molecule has 1 aromatic carbocycles. The molecule has 4 rings (SSSR count). The van der Waals surface area contributed by atoms with Gasteiger partial charge in [-0.05, 0) is 30.0 Å². The molecule has 2 aliphatic heterocycles. The number of carbonyl (C=O) groups excluding carboxylic acids is 11. The first-order valence-electron chi connectivity index (χ1n) is 23.1. The van der Waals surface area contributed by atoms with E-state index in [0.29, 0.717) is 27.9 Å². The molecule has 10 atom stereocenters. The molecule has 0 radical (unpaired) electrons. The number of primary amides is 1. The summed E-state index contributed by atoms with van der Waals surface area (Å²) in [7, 11) is 0. The number of aromatic amines is 1. The molecule has 0 aliphatic carbocycles. The summed E-state index contributed by atoms with van der Waals surface area (Å²) < 4.78 is 15.3. The molecule has 0 saturated carbocycles. The van der Waals surface area contributed by atoms with E-state index in [1.54, 1.807) is 19.9 Å². The van der Waals surface area contributed by atoms with E-state index >= 15 is 0 Å². The van der Waals surface area contributed by atoms with Crippen molar-refractivity contribution >= 4 is 93.8 Å². The van der Waals surface area contributed by atoms with Gasteiger partial charge in [0.1, 0.15) is 48.7 Å². The van der Waals surface area contributed by atoms with Crippen LogP contribution in [0.2, 0.25) is 0 Å². The van der Waals surface area contributed by atoms with Crippen molar-refractivity contribution in [1.82, 2.24) is 41.8 Å². The van der Waals surface area contributed by atoms with Crippen LogP contribution in [0.25, 0.3) is 10.9 Å². The fraction of sp³-hybridized carbons (Fsp3) is 0.556. The number of rotatable bonds is 16. The van der Waals surface area contributed by atoms with Gasteiger partial charge in [0.2, 0.25) is 47.3 Å². The van der Waals surface area contributed by atoms with Gasteiger partial charge in [-0.15, -0.1) is 11.8 Å². The number of aliphatic hydroxyl groups excluding tert-OH is 1. The number of benzene rings is 1. The van der Waals surface area contributed by atoms with Crippen LogP contribution in [-0.4, -0.2) is 172 Å². The van der Waals surface area contributed by atoms with Crippen molar-refractivity contribution in [1.29, 1.82) is 0 Å². The van der Waals surface area contributed by atoms with Gasteiger partial charge < -0.3 is 77.7 Å². The molecule has 1 fully saturated rings. The number of carboxylic acid groups (broad SMARTS) is 1. The number of carboxylic acids is 1. The summed E-state index contributed by atoms with van der Waals surface area (Å²) in [6, 6.07) is -4.79. The number of aliphatic carboxylic acids is 1. The van der Waals surface area contributed by atoms with Gasteiger partial charge in [0.15, 0.2) is 0 Å². The van der Waals surface area contributed by atoms with Gasteiger partial charge in [-0.1, -0.05) is 27.2 Å². The zero-order chi connectivity index (χ0) is 54.4.